The van der Waals surface area contributed by atoms with Crippen LogP contribution in [0.25, 0.3) is 5.57 Å². The van der Waals surface area contributed by atoms with E-state index < -0.39 is 30.2 Å². The fraction of sp³-hybridized carbons (Fsp3) is 0.469. The fourth-order valence-electron chi connectivity index (χ4n) is 6.65. The molecule has 1 amide bonds. The van der Waals surface area contributed by atoms with Gasteiger partial charge in [0.2, 0.25) is 17.4 Å². The molecule has 0 saturated carbocycles. The molecule has 0 radical (unpaired) electrons. The van der Waals surface area contributed by atoms with Gasteiger partial charge in [0.25, 0.3) is 11.7 Å². The largest absolute Gasteiger partial charge is 0.496 e. The van der Waals surface area contributed by atoms with Crippen molar-refractivity contribution in [3.05, 3.63) is 47.0 Å². The van der Waals surface area contributed by atoms with Crippen molar-refractivity contribution in [1.29, 1.82) is 5.41 Å². The van der Waals surface area contributed by atoms with E-state index in [2.05, 4.69) is 20.6 Å². The molecule has 16 heteroatoms. The number of amides is 1. The number of guanidine groups is 1. The molecule has 0 spiro atoms. The maximum absolute atomic E-state index is 13.0. The first-order valence-electron chi connectivity index (χ1n) is 15.9. The third kappa shape index (κ3) is 5.97. The number of hydrogen-bond donors (Lipinski definition) is 8. The van der Waals surface area contributed by atoms with Crippen LogP contribution in [-0.2, 0) is 27.4 Å². The first kappa shape index (κ1) is 33.3. The minimum absolute atomic E-state index is 0.0236. The maximum Gasteiger partial charge on any atom is 0.374 e. The summed E-state index contributed by atoms with van der Waals surface area (Å²) in [4.78, 5) is 35.7. The molecule has 5 unspecified atom stereocenters. The lowest BCUT2D eigenvalue weighted by Gasteiger charge is -2.29. The van der Waals surface area contributed by atoms with Gasteiger partial charge in [-0.2, -0.15) is 9.89 Å². The quantitative estimate of drug-likeness (QED) is 0.0877. The van der Waals surface area contributed by atoms with Crippen molar-refractivity contribution >= 4 is 35.0 Å². The number of amidine groups is 1. The molecule has 5 atom stereocenters. The number of aliphatic hydroxyl groups excluding tert-OH is 2. The highest BCUT2D eigenvalue weighted by atomic mass is 16.6. The number of carbonyl (C=O) groups excluding carboxylic acids is 2. The van der Waals surface area contributed by atoms with E-state index in [4.69, 9.17) is 24.4 Å². The number of nitrogens with zero attached hydrogens (tertiary/aromatic N) is 2. The molecule has 16 nitrogen and oxygen atoms in total. The zero-order valence-corrected chi connectivity index (χ0v) is 27.0. The molecule has 6 rings (SSSR count). The summed E-state index contributed by atoms with van der Waals surface area (Å²) in [6.45, 7) is 3.69. The monoisotopic (exact) mass is 667 g/mol. The van der Waals surface area contributed by atoms with Gasteiger partial charge in [-0.15, -0.1) is 0 Å². The van der Waals surface area contributed by atoms with E-state index in [1.54, 1.807) is 26.1 Å². The number of aliphatic hydroxyl groups is 3. The number of rotatable bonds is 12. The van der Waals surface area contributed by atoms with Gasteiger partial charge in [0, 0.05) is 18.6 Å². The summed E-state index contributed by atoms with van der Waals surface area (Å²) < 4.78 is 23.7. The van der Waals surface area contributed by atoms with Gasteiger partial charge in [0.1, 0.15) is 36.1 Å². The fourth-order valence-corrected chi connectivity index (χ4v) is 6.65. The molecular formula is C32H41N7O9+2. The molecule has 5 aliphatic heterocycles. The third-order valence-corrected chi connectivity index (χ3v) is 9.05. The van der Waals surface area contributed by atoms with Crippen LogP contribution in [0.3, 0.4) is 0 Å². The lowest BCUT2D eigenvalue weighted by Crippen LogP contribution is -3.36. The zero-order chi connectivity index (χ0) is 34.2. The van der Waals surface area contributed by atoms with Crippen LogP contribution in [-0.4, -0.2) is 96.2 Å². The standard InChI is InChI=1S/C32H39N7O9/c1-4-46-29(43)20-13-17(7-10-38-11-9-34-31(38)39-16-35-23-27(39)36-30(33)37-28(23)42)22-25(45-3)18-14-21(32(2,44)8-5-6-12-40)48-24(18)19(15-41)26(22)47-20/h7,9,11,13,21,31,34,40-41,44H,4-6,8,10,12,14-16H2,1-3H3,(H2,33,37,42)/p+2. The van der Waals surface area contributed by atoms with Gasteiger partial charge in [-0.05, 0) is 50.8 Å². The van der Waals surface area contributed by atoms with Gasteiger partial charge in [0.15, 0.2) is 6.67 Å². The van der Waals surface area contributed by atoms with Crippen LogP contribution in [0.5, 0.6) is 17.2 Å². The molecule has 0 bridgehead atoms. The molecule has 0 fully saturated rings. The van der Waals surface area contributed by atoms with Gasteiger partial charge >= 0.3 is 12.3 Å². The average Bonchev–Trinajstić information content (AvgIpc) is 3.81. The summed E-state index contributed by atoms with van der Waals surface area (Å²) >= 11 is 0. The van der Waals surface area contributed by atoms with Crippen molar-refractivity contribution in [3.63, 3.8) is 0 Å². The Hall–Kier alpha value is -4.61. The van der Waals surface area contributed by atoms with E-state index in [-0.39, 0.29) is 49.4 Å². The number of allylic oxidation sites excluding steroid dienone is 2. The third-order valence-electron chi connectivity index (χ3n) is 9.05. The molecule has 48 heavy (non-hydrogen) atoms. The number of fused-ring (bicyclic) bond motifs is 3. The van der Waals surface area contributed by atoms with Gasteiger partial charge in [-0.3, -0.25) is 20.8 Å². The van der Waals surface area contributed by atoms with Crippen LogP contribution in [0.4, 0.5) is 0 Å². The number of unbranched alkanes of at least 4 members (excludes halogenated alkanes) is 1. The van der Waals surface area contributed by atoms with Crippen LogP contribution in [0.15, 0.2) is 40.3 Å². The van der Waals surface area contributed by atoms with Crippen molar-refractivity contribution in [3.8, 4) is 17.2 Å². The molecule has 5 aliphatic rings. The van der Waals surface area contributed by atoms with E-state index in [1.807, 2.05) is 12.3 Å². The van der Waals surface area contributed by atoms with Crippen LogP contribution in [0, 0.1) is 5.41 Å². The number of hydrogen-bond acceptors (Lipinski definition) is 12. The lowest BCUT2D eigenvalue weighted by atomic mass is 9.87. The highest BCUT2D eigenvalue weighted by molar-refractivity contribution is 6.68. The summed E-state index contributed by atoms with van der Waals surface area (Å²) in [7, 11) is 1.52. The number of methoxy groups -OCH3 is 1. The minimum atomic E-state index is -1.24. The Kier molecular flexibility index (Phi) is 9.35. The first-order valence-corrected chi connectivity index (χ1v) is 15.9. The minimum Gasteiger partial charge on any atom is -0.496 e. The summed E-state index contributed by atoms with van der Waals surface area (Å²) in [6.07, 6.45) is 8.07. The van der Waals surface area contributed by atoms with Crippen molar-refractivity contribution < 1.29 is 53.7 Å². The summed E-state index contributed by atoms with van der Waals surface area (Å²) in [6, 6.07) is 0. The molecule has 0 aliphatic carbocycles. The molecule has 5 heterocycles. The van der Waals surface area contributed by atoms with Crippen molar-refractivity contribution in [2.75, 3.05) is 33.5 Å². The van der Waals surface area contributed by atoms with E-state index in [0.29, 0.717) is 71.8 Å². The Balaban J connectivity index is 1.37. The van der Waals surface area contributed by atoms with Crippen molar-refractivity contribution in [2.45, 2.75) is 64.1 Å². The summed E-state index contributed by atoms with van der Waals surface area (Å²) in [5, 5.41) is 44.8. The highest BCUT2D eigenvalue weighted by Crippen LogP contribution is 2.53. The Morgan fingerprint density at radius 2 is 2.10 bits per heavy atom. The number of carbonyl (C=O) groups is 2. The second-order valence-corrected chi connectivity index (χ2v) is 12.2. The first-order chi connectivity index (χ1) is 23.1. The molecule has 8 N–H and O–H groups in total. The van der Waals surface area contributed by atoms with E-state index >= 15 is 0 Å². The van der Waals surface area contributed by atoms with E-state index in [9.17, 15) is 24.9 Å². The molecule has 1 aromatic rings. The van der Waals surface area contributed by atoms with E-state index in [1.165, 1.54) is 7.11 Å². The Morgan fingerprint density at radius 1 is 1.29 bits per heavy atom. The predicted molar refractivity (Wildman–Crippen MR) is 170 cm³/mol. The number of quaternary nitrogens is 2. The summed E-state index contributed by atoms with van der Waals surface area (Å²) in [5.74, 6) is -0.111. The van der Waals surface area contributed by atoms with Gasteiger partial charge in [-0.1, -0.05) is 0 Å². The van der Waals surface area contributed by atoms with Gasteiger partial charge in [0.05, 0.1) is 43.3 Å². The van der Waals surface area contributed by atoms with Gasteiger partial charge in [-0.25, -0.2) is 14.7 Å². The number of ether oxygens (including phenoxy) is 4. The van der Waals surface area contributed by atoms with Crippen LogP contribution < -0.4 is 34.6 Å². The number of esters is 1. The molecule has 0 aromatic heterocycles. The smallest absolute Gasteiger partial charge is 0.374 e. The van der Waals surface area contributed by atoms with E-state index in [0.717, 1.165) is 9.80 Å². The molecule has 256 valence electrons. The zero-order valence-electron chi connectivity index (χ0n) is 27.0. The highest BCUT2D eigenvalue weighted by Gasteiger charge is 2.47. The number of nitrogens with one attached hydrogen (secondary N) is 5. The average molecular weight is 668 g/mol. The number of benzene rings is 1. The van der Waals surface area contributed by atoms with Crippen LogP contribution >= 0.6 is 0 Å². The topological polar surface area (TPSA) is 213 Å². The second-order valence-electron chi connectivity index (χ2n) is 12.2. The normalized spacial score (nSPS) is 25.8. The van der Waals surface area contributed by atoms with Crippen molar-refractivity contribution in [1.82, 2.24) is 10.6 Å². The maximum atomic E-state index is 13.0. The lowest BCUT2D eigenvalue weighted by molar-refractivity contribution is -1.05. The number of aliphatic imine (C=N–C) groups is 2. The SMILES string of the molecule is CCOC(=O)C1=CC(=CC[NH+]2C=CNC2[NH+]2CN=C3C(=O)NC(=N)N=C32)c2c(OC)c3c(c(CO)c2O1)OC(C(C)(O)CCCCO)C3. The predicted octanol–water partition coefficient (Wildman–Crippen LogP) is -2.37. The second kappa shape index (κ2) is 13.5. The molecule has 0 saturated heterocycles. The Labute approximate surface area is 276 Å². The van der Waals surface area contributed by atoms with Crippen molar-refractivity contribution in [2.24, 2.45) is 9.98 Å². The van der Waals surface area contributed by atoms with Crippen LogP contribution in [0.1, 0.15) is 49.8 Å². The Morgan fingerprint density at radius 3 is 2.83 bits per heavy atom. The summed E-state index contributed by atoms with van der Waals surface area (Å²) in [5.41, 5.74) is 1.04. The van der Waals surface area contributed by atoms with Gasteiger partial charge < -0.3 is 34.3 Å². The Bertz CT molecular complexity index is 1680. The molecule has 1 aromatic carbocycles. The van der Waals surface area contributed by atoms with Crippen LogP contribution in [0.2, 0.25) is 0 Å². The molecular weight excluding hydrogens is 626 g/mol.